The third-order valence-electron chi connectivity index (χ3n) is 3.24. The van der Waals surface area contributed by atoms with Crippen LogP contribution in [-0.2, 0) is 14.1 Å². The van der Waals surface area contributed by atoms with Crippen LogP contribution in [-0.4, -0.2) is 33.5 Å². The fraction of sp³-hybridized carbons (Fsp3) is 0.583. The maximum atomic E-state index is 11.7. The van der Waals surface area contributed by atoms with Crippen molar-refractivity contribution in [1.82, 2.24) is 14.0 Å². The van der Waals surface area contributed by atoms with Crippen molar-refractivity contribution in [2.75, 3.05) is 13.1 Å². The average Bonchev–Trinajstić information content (AvgIpc) is 2.40. The highest BCUT2D eigenvalue weighted by Gasteiger charge is 2.07. The molecule has 6 nitrogen and oxygen atoms in total. The van der Waals surface area contributed by atoms with Gasteiger partial charge in [-0.15, -0.1) is 0 Å². The van der Waals surface area contributed by atoms with Crippen LogP contribution in [0.1, 0.15) is 19.3 Å². The lowest BCUT2D eigenvalue weighted by Gasteiger charge is -2.23. The SMILES string of the molecule is Cn1c(/N=C/N2CCCCC2)cc(=O)n(C)c1=O. The van der Waals surface area contributed by atoms with Gasteiger partial charge in [0.1, 0.15) is 5.82 Å². The third kappa shape index (κ3) is 2.52. The van der Waals surface area contributed by atoms with Gasteiger partial charge in [0, 0.05) is 33.3 Å². The van der Waals surface area contributed by atoms with E-state index >= 15 is 0 Å². The molecule has 2 heterocycles. The first-order valence-electron chi connectivity index (χ1n) is 6.15. The molecule has 0 spiro atoms. The van der Waals surface area contributed by atoms with Gasteiger partial charge in [0.25, 0.3) is 5.56 Å². The lowest BCUT2D eigenvalue weighted by molar-refractivity contribution is 0.351. The monoisotopic (exact) mass is 250 g/mol. The lowest BCUT2D eigenvalue weighted by atomic mass is 10.1. The third-order valence-corrected chi connectivity index (χ3v) is 3.24. The van der Waals surface area contributed by atoms with E-state index in [2.05, 4.69) is 9.89 Å². The van der Waals surface area contributed by atoms with Crippen molar-refractivity contribution < 1.29 is 0 Å². The standard InChI is InChI=1S/C12H18N4O2/c1-14-10(8-11(17)15(2)12(14)18)13-9-16-6-4-3-5-7-16/h8-9H,3-7H2,1-2H3/b13-9+. The topological polar surface area (TPSA) is 59.6 Å². The van der Waals surface area contributed by atoms with Gasteiger partial charge in [0.05, 0.1) is 6.34 Å². The normalized spacial score (nSPS) is 16.4. The summed E-state index contributed by atoms with van der Waals surface area (Å²) in [5.41, 5.74) is -0.683. The fourth-order valence-corrected chi connectivity index (χ4v) is 2.02. The van der Waals surface area contributed by atoms with E-state index in [1.54, 1.807) is 13.4 Å². The second kappa shape index (κ2) is 5.20. The molecule has 0 saturated carbocycles. The molecule has 0 unspecified atom stereocenters. The minimum atomic E-state index is -0.353. The molecule has 0 radical (unpaired) electrons. The van der Waals surface area contributed by atoms with Gasteiger partial charge in [-0.3, -0.25) is 13.9 Å². The quantitative estimate of drug-likeness (QED) is 0.557. The number of rotatable bonds is 2. The van der Waals surface area contributed by atoms with E-state index in [0.29, 0.717) is 5.82 Å². The molecule has 1 fully saturated rings. The van der Waals surface area contributed by atoms with Gasteiger partial charge in [0.15, 0.2) is 0 Å². The predicted molar refractivity (Wildman–Crippen MR) is 70.5 cm³/mol. The van der Waals surface area contributed by atoms with Crippen LogP contribution >= 0.6 is 0 Å². The number of hydrogen-bond donors (Lipinski definition) is 0. The highest BCUT2D eigenvalue weighted by molar-refractivity contribution is 5.59. The van der Waals surface area contributed by atoms with Crippen LogP contribution in [0.2, 0.25) is 0 Å². The number of nitrogens with zero attached hydrogens (tertiary/aromatic N) is 4. The maximum Gasteiger partial charge on any atom is 0.332 e. The Bertz CT molecular complexity index is 564. The molecular weight excluding hydrogens is 232 g/mol. The molecule has 0 aliphatic carbocycles. The van der Waals surface area contributed by atoms with Crippen LogP contribution in [0.25, 0.3) is 0 Å². The average molecular weight is 250 g/mol. The predicted octanol–water partition coefficient (Wildman–Crippen LogP) is 0.230. The van der Waals surface area contributed by atoms with E-state index in [-0.39, 0.29) is 11.2 Å². The van der Waals surface area contributed by atoms with Gasteiger partial charge < -0.3 is 4.90 Å². The Hall–Kier alpha value is -1.85. The Balaban J connectivity index is 2.26. The van der Waals surface area contributed by atoms with Gasteiger partial charge in [0.2, 0.25) is 0 Å². The number of aliphatic imine (C=N–C) groups is 1. The van der Waals surface area contributed by atoms with Gasteiger partial charge in [-0.2, -0.15) is 0 Å². The van der Waals surface area contributed by atoms with E-state index in [4.69, 9.17) is 0 Å². The molecule has 2 rings (SSSR count). The molecule has 18 heavy (non-hydrogen) atoms. The molecule has 0 amide bonds. The lowest BCUT2D eigenvalue weighted by Crippen LogP contribution is -2.36. The molecule has 1 aliphatic heterocycles. The number of piperidine rings is 1. The molecule has 0 bridgehead atoms. The molecular formula is C12H18N4O2. The van der Waals surface area contributed by atoms with E-state index in [9.17, 15) is 9.59 Å². The van der Waals surface area contributed by atoms with Gasteiger partial charge in [-0.05, 0) is 19.3 Å². The van der Waals surface area contributed by atoms with Gasteiger partial charge in [-0.25, -0.2) is 9.79 Å². The maximum absolute atomic E-state index is 11.7. The second-order valence-corrected chi connectivity index (χ2v) is 4.58. The van der Waals surface area contributed by atoms with Crippen LogP contribution in [0.15, 0.2) is 20.6 Å². The molecule has 1 aromatic rings. The van der Waals surface area contributed by atoms with Crippen LogP contribution in [0.4, 0.5) is 5.82 Å². The van der Waals surface area contributed by atoms with Crippen molar-refractivity contribution in [2.45, 2.75) is 19.3 Å². The van der Waals surface area contributed by atoms with Crippen molar-refractivity contribution in [3.8, 4) is 0 Å². The van der Waals surface area contributed by atoms with E-state index < -0.39 is 0 Å². The highest BCUT2D eigenvalue weighted by atomic mass is 16.2. The Morgan fingerprint density at radius 3 is 2.44 bits per heavy atom. The zero-order valence-electron chi connectivity index (χ0n) is 10.8. The molecule has 0 aromatic carbocycles. The van der Waals surface area contributed by atoms with Gasteiger partial charge in [-0.1, -0.05) is 0 Å². The zero-order valence-corrected chi connectivity index (χ0v) is 10.8. The van der Waals surface area contributed by atoms with E-state index in [1.165, 1.54) is 36.9 Å². The Morgan fingerprint density at radius 1 is 1.11 bits per heavy atom. The summed E-state index contributed by atoms with van der Waals surface area (Å²) in [7, 11) is 3.08. The van der Waals surface area contributed by atoms with Crippen LogP contribution < -0.4 is 11.2 Å². The van der Waals surface area contributed by atoms with Gasteiger partial charge >= 0.3 is 5.69 Å². The molecule has 98 valence electrons. The van der Waals surface area contributed by atoms with Crippen LogP contribution in [0.3, 0.4) is 0 Å². The smallest absolute Gasteiger partial charge is 0.332 e. The molecule has 1 saturated heterocycles. The number of hydrogen-bond acceptors (Lipinski definition) is 3. The molecule has 1 aliphatic rings. The molecule has 6 heteroatoms. The second-order valence-electron chi connectivity index (χ2n) is 4.58. The first kappa shape index (κ1) is 12.6. The van der Waals surface area contributed by atoms with Crippen molar-refractivity contribution in [3.05, 3.63) is 26.9 Å². The Labute approximate surface area is 105 Å². The minimum Gasteiger partial charge on any atom is -0.363 e. The minimum absolute atomic E-state index is 0.330. The summed E-state index contributed by atoms with van der Waals surface area (Å²) in [4.78, 5) is 29.6. The summed E-state index contributed by atoms with van der Waals surface area (Å²) in [6.07, 6.45) is 5.32. The fourth-order valence-electron chi connectivity index (χ4n) is 2.02. The van der Waals surface area contributed by atoms with Crippen LogP contribution in [0, 0.1) is 0 Å². The molecule has 1 aromatic heterocycles. The first-order valence-corrected chi connectivity index (χ1v) is 6.15. The van der Waals surface area contributed by atoms with Crippen molar-refractivity contribution in [1.29, 1.82) is 0 Å². The summed E-state index contributed by atoms with van der Waals surface area (Å²) < 4.78 is 2.45. The summed E-state index contributed by atoms with van der Waals surface area (Å²) in [5, 5.41) is 0. The Morgan fingerprint density at radius 2 is 1.78 bits per heavy atom. The first-order chi connectivity index (χ1) is 8.59. The number of likely N-dealkylation sites (tertiary alicyclic amines) is 1. The zero-order chi connectivity index (χ0) is 13.1. The summed E-state index contributed by atoms with van der Waals surface area (Å²) in [5.74, 6) is 0.397. The molecule has 0 atom stereocenters. The summed E-state index contributed by atoms with van der Waals surface area (Å²) in [6, 6.07) is 1.38. The van der Waals surface area contributed by atoms with Crippen molar-refractivity contribution >= 4 is 12.2 Å². The largest absolute Gasteiger partial charge is 0.363 e. The van der Waals surface area contributed by atoms with E-state index in [1.807, 2.05) is 0 Å². The number of aromatic nitrogens is 2. The highest BCUT2D eigenvalue weighted by Crippen LogP contribution is 2.08. The Kier molecular flexibility index (Phi) is 3.64. The van der Waals surface area contributed by atoms with E-state index in [0.717, 1.165) is 17.7 Å². The molecule has 0 N–H and O–H groups in total. The summed E-state index contributed by atoms with van der Waals surface area (Å²) >= 11 is 0. The van der Waals surface area contributed by atoms with Crippen molar-refractivity contribution in [3.63, 3.8) is 0 Å². The van der Waals surface area contributed by atoms with Crippen LogP contribution in [0.5, 0.6) is 0 Å². The van der Waals surface area contributed by atoms with Crippen molar-refractivity contribution in [2.24, 2.45) is 19.1 Å². The summed E-state index contributed by atoms with van der Waals surface area (Å²) in [6.45, 7) is 1.98.